The molecule has 1 fully saturated rings. The average Bonchev–Trinajstić information content (AvgIpc) is 2.35. The number of nitrogen functional groups attached to an aromatic ring is 1. The Morgan fingerprint density at radius 3 is 2.58 bits per heavy atom. The van der Waals surface area contributed by atoms with Crippen molar-refractivity contribution in [3.63, 3.8) is 0 Å². The maximum atomic E-state index is 14.3. The first-order valence-electron chi connectivity index (χ1n) is 6.40. The summed E-state index contributed by atoms with van der Waals surface area (Å²) in [4.78, 5) is 3.94. The van der Waals surface area contributed by atoms with Crippen LogP contribution in [-0.2, 0) is 0 Å². The van der Waals surface area contributed by atoms with E-state index in [9.17, 15) is 9.50 Å². The van der Waals surface area contributed by atoms with E-state index in [4.69, 9.17) is 5.73 Å². The summed E-state index contributed by atoms with van der Waals surface area (Å²) in [7, 11) is 0. The van der Waals surface area contributed by atoms with E-state index in [-0.39, 0.29) is 5.75 Å². The van der Waals surface area contributed by atoms with E-state index in [1.807, 2.05) is 6.07 Å². The largest absolute Gasteiger partial charge is 0.505 e. The van der Waals surface area contributed by atoms with Gasteiger partial charge in [-0.15, -0.1) is 0 Å². The summed E-state index contributed by atoms with van der Waals surface area (Å²) in [5.74, 6) is -0.109. The maximum absolute atomic E-state index is 14.3. The number of aromatic nitrogens is 1. The van der Waals surface area contributed by atoms with Crippen molar-refractivity contribution < 1.29 is 9.50 Å². The fourth-order valence-electron chi connectivity index (χ4n) is 2.42. The molecule has 0 spiro atoms. The Balaban J connectivity index is 2.03. The minimum absolute atomic E-state index is 0.223. The lowest BCUT2D eigenvalue weighted by molar-refractivity contribution is 0.378. The van der Waals surface area contributed by atoms with Crippen LogP contribution in [0.4, 0.5) is 10.2 Å². The van der Waals surface area contributed by atoms with Gasteiger partial charge >= 0.3 is 0 Å². The molecule has 3 rings (SSSR count). The Morgan fingerprint density at radius 1 is 1.21 bits per heavy atom. The number of aromatic hydroxyl groups is 1. The summed E-state index contributed by atoms with van der Waals surface area (Å²) in [6, 6.07) is 6.83. The third-order valence-corrected chi connectivity index (χ3v) is 3.79. The number of pyridine rings is 1. The molecule has 19 heavy (non-hydrogen) atoms. The van der Waals surface area contributed by atoms with E-state index < -0.39 is 5.82 Å². The number of halogens is 1. The second kappa shape index (κ2) is 4.53. The van der Waals surface area contributed by atoms with Crippen LogP contribution in [-0.4, -0.2) is 10.1 Å². The van der Waals surface area contributed by atoms with Gasteiger partial charge in [0.25, 0.3) is 0 Å². The standard InChI is InChI=1S/C15H15FN2O/c16-14-11(10-4-7-13(17)18-8-10)5-6-12(15(14)19)9-2-1-3-9/h4-9,19H,1-3H2,(H2,17,18). The second-order valence-electron chi connectivity index (χ2n) is 4.96. The quantitative estimate of drug-likeness (QED) is 0.867. The lowest BCUT2D eigenvalue weighted by Gasteiger charge is -2.26. The van der Waals surface area contributed by atoms with Crippen molar-refractivity contribution in [3.8, 4) is 16.9 Å². The summed E-state index contributed by atoms with van der Waals surface area (Å²) in [5.41, 5.74) is 7.19. The Morgan fingerprint density at radius 2 is 2.00 bits per heavy atom. The second-order valence-corrected chi connectivity index (χ2v) is 4.96. The van der Waals surface area contributed by atoms with Crippen LogP contribution in [0.15, 0.2) is 30.5 Å². The highest BCUT2D eigenvalue weighted by atomic mass is 19.1. The fourth-order valence-corrected chi connectivity index (χ4v) is 2.42. The third-order valence-electron chi connectivity index (χ3n) is 3.79. The molecular weight excluding hydrogens is 243 g/mol. The van der Waals surface area contributed by atoms with Crippen LogP contribution >= 0.6 is 0 Å². The number of anilines is 1. The van der Waals surface area contributed by atoms with E-state index in [0.717, 1.165) is 24.8 Å². The molecule has 4 heteroatoms. The predicted molar refractivity (Wildman–Crippen MR) is 72.3 cm³/mol. The van der Waals surface area contributed by atoms with Crippen molar-refractivity contribution in [3.05, 3.63) is 41.8 Å². The van der Waals surface area contributed by atoms with Crippen LogP contribution < -0.4 is 5.73 Å². The molecule has 0 bridgehead atoms. The van der Waals surface area contributed by atoms with Crippen molar-refractivity contribution in [2.24, 2.45) is 0 Å². The molecule has 3 nitrogen and oxygen atoms in total. The molecule has 0 amide bonds. The minimum atomic E-state index is -0.573. The predicted octanol–water partition coefficient (Wildman–Crippen LogP) is 3.44. The first kappa shape index (κ1) is 12.0. The van der Waals surface area contributed by atoms with Gasteiger partial charge in [-0.1, -0.05) is 18.6 Å². The van der Waals surface area contributed by atoms with Crippen LogP contribution in [0, 0.1) is 5.82 Å². The number of nitrogens with zero attached hydrogens (tertiary/aromatic N) is 1. The molecule has 0 saturated heterocycles. The van der Waals surface area contributed by atoms with Crippen molar-refractivity contribution in [1.29, 1.82) is 0 Å². The van der Waals surface area contributed by atoms with Crippen molar-refractivity contribution in [2.45, 2.75) is 25.2 Å². The number of hydrogen-bond acceptors (Lipinski definition) is 3. The van der Waals surface area contributed by atoms with Crippen LogP contribution in [0.25, 0.3) is 11.1 Å². The minimum Gasteiger partial charge on any atom is -0.505 e. The lowest BCUT2D eigenvalue weighted by atomic mass is 9.79. The number of nitrogens with two attached hydrogens (primary N) is 1. The molecule has 3 N–H and O–H groups in total. The van der Waals surface area contributed by atoms with Crippen LogP contribution in [0.1, 0.15) is 30.7 Å². The zero-order valence-electron chi connectivity index (χ0n) is 10.4. The maximum Gasteiger partial charge on any atom is 0.172 e. The molecule has 2 aromatic rings. The first-order valence-corrected chi connectivity index (χ1v) is 6.40. The molecule has 1 saturated carbocycles. The van der Waals surface area contributed by atoms with E-state index in [1.165, 1.54) is 6.20 Å². The van der Waals surface area contributed by atoms with Gasteiger partial charge in [-0.3, -0.25) is 0 Å². The Kier molecular flexibility index (Phi) is 2.85. The summed E-state index contributed by atoms with van der Waals surface area (Å²) in [5, 5.41) is 10.0. The van der Waals surface area contributed by atoms with Crippen molar-refractivity contribution >= 4 is 5.82 Å². The SMILES string of the molecule is Nc1ccc(-c2ccc(C3CCC3)c(O)c2F)cn1. The highest BCUT2D eigenvalue weighted by molar-refractivity contribution is 5.67. The van der Waals surface area contributed by atoms with E-state index >= 15 is 0 Å². The normalized spacial score (nSPS) is 15.2. The zero-order valence-corrected chi connectivity index (χ0v) is 10.4. The van der Waals surface area contributed by atoms with Gasteiger partial charge in [0.1, 0.15) is 5.82 Å². The number of rotatable bonds is 2. The number of hydrogen-bond donors (Lipinski definition) is 2. The van der Waals surface area contributed by atoms with E-state index in [2.05, 4.69) is 4.98 Å². The summed E-state index contributed by atoms with van der Waals surface area (Å²) in [6.45, 7) is 0. The lowest BCUT2D eigenvalue weighted by Crippen LogP contribution is -2.09. The molecule has 0 radical (unpaired) electrons. The monoisotopic (exact) mass is 258 g/mol. The summed E-state index contributed by atoms with van der Waals surface area (Å²) >= 11 is 0. The summed E-state index contributed by atoms with van der Waals surface area (Å²) in [6.07, 6.45) is 4.71. The van der Waals surface area contributed by atoms with Crippen LogP contribution in [0.3, 0.4) is 0 Å². The number of benzene rings is 1. The molecule has 1 aromatic heterocycles. The smallest absolute Gasteiger partial charge is 0.172 e. The van der Waals surface area contributed by atoms with Gasteiger partial charge in [0, 0.05) is 22.9 Å². The van der Waals surface area contributed by atoms with Gasteiger partial charge < -0.3 is 10.8 Å². The molecule has 1 aromatic carbocycles. The third kappa shape index (κ3) is 2.03. The van der Waals surface area contributed by atoms with Gasteiger partial charge in [-0.2, -0.15) is 0 Å². The number of phenolic OH excluding ortho intramolecular Hbond substituents is 1. The molecule has 1 heterocycles. The van der Waals surface area contributed by atoms with Gasteiger partial charge in [0.2, 0.25) is 0 Å². The molecular formula is C15H15FN2O. The first-order chi connectivity index (χ1) is 9.16. The van der Waals surface area contributed by atoms with Crippen LogP contribution in [0.5, 0.6) is 5.75 Å². The molecule has 1 aliphatic rings. The molecule has 98 valence electrons. The zero-order chi connectivity index (χ0) is 13.4. The Hall–Kier alpha value is -2.10. The Bertz CT molecular complexity index is 606. The van der Waals surface area contributed by atoms with Gasteiger partial charge in [0.05, 0.1) is 0 Å². The van der Waals surface area contributed by atoms with Gasteiger partial charge in [0.15, 0.2) is 11.6 Å². The highest BCUT2D eigenvalue weighted by Gasteiger charge is 2.25. The van der Waals surface area contributed by atoms with E-state index in [0.29, 0.717) is 22.9 Å². The number of phenols is 1. The molecule has 0 aliphatic heterocycles. The topological polar surface area (TPSA) is 59.1 Å². The van der Waals surface area contributed by atoms with Gasteiger partial charge in [-0.05, 0) is 30.9 Å². The molecule has 1 aliphatic carbocycles. The van der Waals surface area contributed by atoms with Crippen molar-refractivity contribution in [1.82, 2.24) is 4.98 Å². The van der Waals surface area contributed by atoms with Crippen LogP contribution in [0.2, 0.25) is 0 Å². The van der Waals surface area contributed by atoms with Crippen molar-refractivity contribution in [2.75, 3.05) is 5.73 Å². The fraction of sp³-hybridized carbons (Fsp3) is 0.267. The Labute approximate surface area is 110 Å². The summed E-state index contributed by atoms with van der Waals surface area (Å²) < 4.78 is 14.3. The van der Waals surface area contributed by atoms with Gasteiger partial charge in [-0.25, -0.2) is 9.37 Å². The average molecular weight is 258 g/mol. The molecule has 0 unspecified atom stereocenters. The highest BCUT2D eigenvalue weighted by Crippen LogP contribution is 2.43. The molecule has 0 atom stereocenters. The van der Waals surface area contributed by atoms with E-state index in [1.54, 1.807) is 18.2 Å².